The first-order valence-electron chi connectivity index (χ1n) is 9.02. The Morgan fingerprint density at radius 3 is 2.37 bits per heavy atom. The highest BCUT2D eigenvalue weighted by atomic mass is 32.2. The molecule has 2 amide bonds. The van der Waals surface area contributed by atoms with Crippen LogP contribution >= 0.6 is 0 Å². The fourth-order valence-corrected chi connectivity index (χ4v) is 4.88. The molecule has 2 aliphatic rings. The maximum atomic E-state index is 12.8. The van der Waals surface area contributed by atoms with Crippen molar-refractivity contribution in [1.82, 2.24) is 4.72 Å². The Labute approximate surface area is 158 Å². The Hall–Kier alpha value is -1.97. The molecular formula is C18H24N2O6S. The lowest BCUT2D eigenvalue weighted by molar-refractivity contribution is -0.129. The molecule has 148 valence electrons. The zero-order chi connectivity index (χ0) is 19.7. The van der Waals surface area contributed by atoms with E-state index in [9.17, 15) is 23.1 Å². The SMILES string of the molecule is COc1ccc(N2C(=O)CCCC2=O)cc1S(=O)(=O)NCC1(O)CCCC1. The van der Waals surface area contributed by atoms with Gasteiger partial charge in [0, 0.05) is 19.4 Å². The molecule has 0 aromatic heterocycles. The summed E-state index contributed by atoms with van der Waals surface area (Å²) >= 11 is 0. The molecule has 3 rings (SSSR count). The first kappa shape index (κ1) is 19.8. The molecule has 0 radical (unpaired) electrons. The van der Waals surface area contributed by atoms with E-state index in [1.165, 1.54) is 25.3 Å². The van der Waals surface area contributed by atoms with Crippen LogP contribution in [-0.4, -0.2) is 44.6 Å². The van der Waals surface area contributed by atoms with Crippen LogP contribution in [0.1, 0.15) is 44.9 Å². The third-order valence-electron chi connectivity index (χ3n) is 5.10. The van der Waals surface area contributed by atoms with Crippen molar-refractivity contribution in [2.24, 2.45) is 0 Å². The largest absolute Gasteiger partial charge is 0.495 e. The van der Waals surface area contributed by atoms with Crippen molar-refractivity contribution in [1.29, 1.82) is 0 Å². The maximum Gasteiger partial charge on any atom is 0.244 e. The van der Waals surface area contributed by atoms with Crippen LogP contribution in [0.3, 0.4) is 0 Å². The van der Waals surface area contributed by atoms with Gasteiger partial charge in [-0.25, -0.2) is 13.1 Å². The summed E-state index contributed by atoms with van der Waals surface area (Å²) < 4.78 is 33.2. The molecule has 27 heavy (non-hydrogen) atoms. The fourth-order valence-electron chi connectivity index (χ4n) is 3.57. The first-order chi connectivity index (χ1) is 12.8. The van der Waals surface area contributed by atoms with Crippen molar-refractivity contribution < 1.29 is 27.9 Å². The van der Waals surface area contributed by atoms with Crippen LogP contribution in [-0.2, 0) is 19.6 Å². The van der Waals surface area contributed by atoms with Crippen LogP contribution in [0, 0.1) is 0 Å². The number of hydrogen-bond acceptors (Lipinski definition) is 6. The number of nitrogens with one attached hydrogen (secondary N) is 1. The summed E-state index contributed by atoms with van der Waals surface area (Å²) in [6.45, 7) is -0.0930. The van der Waals surface area contributed by atoms with Crippen LogP contribution < -0.4 is 14.4 Å². The fraction of sp³-hybridized carbons (Fsp3) is 0.556. The van der Waals surface area contributed by atoms with E-state index >= 15 is 0 Å². The Morgan fingerprint density at radius 2 is 1.78 bits per heavy atom. The minimum Gasteiger partial charge on any atom is -0.495 e. The van der Waals surface area contributed by atoms with Gasteiger partial charge in [0.25, 0.3) is 0 Å². The summed E-state index contributed by atoms with van der Waals surface area (Å²) in [6, 6.07) is 4.17. The zero-order valence-corrected chi connectivity index (χ0v) is 16.0. The van der Waals surface area contributed by atoms with Gasteiger partial charge < -0.3 is 9.84 Å². The zero-order valence-electron chi connectivity index (χ0n) is 15.2. The Balaban J connectivity index is 1.90. The predicted octanol–water partition coefficient (Wildman–Crippen LogP) is 1.32. The van der Waals surface area contributed by atoms with Gasteiger partial charge in [-0.1, -0.05) is 12.8 Å². The molecule has 1 aromatic rings. The third kappa shape index (κ3) is 4.15. The molecule has 0 spiro atoms. The highest BCUT2D eigenvalue weighted by Gasteiger charge is 2.34. The average Bonchev–Trinajstić information content (AvgIpc) is 3.07. The van der Waals surface area contributed by atoms with Gasteiger partial charge in [-0.05, 0) is 37.5 Å². The van der Waals surface area contributed by atoms with E-state index in [0.29, 0.717) is 19.3 Å². The molecule has 2 fully saturated rings. The first-order valence-corrected chi connectivity index (χ1v) is 10.5. The Morgan fingerprint density at radius 1 is 1.15 bits per heavy atom. The molecule has 1 heterocycles. The number of nitrogens with zero attached hydrogens (tertiary/aromatic N) is 1. The van der Waals surface area contributed by atoms with E-state index in [1.54, 1.807) is 0 Å². The van der Waals surface area contributed by atoms with Crippen molar-refractivity contribution in [3.8, 4) is 5.75 Å². The lowest BCUT2D eigenvalue weighted by Gasteiger charge is -2.26. The van der Waals surface area contributed by atoms with Crippen LogP contribution in [0.4, 0.5) is 5.69 Å². The van der Waals surface area contributed by atoms with Gasteiger partial charge >= 0.3 is 0 Å². The number of benzene rings is 1. The van der Waals surface area contributed by atoms with Gasteiger partial charge in [-0.15, -0.1) is 0 Å². The van der Waals surface area contributed by atoms with Crippen molar-refractivity contribution >= 4 is 27.5 Å². The lowest BCUT2D eigenvalue weighted by atomic mass is 10.0. The molecule has 1 aliphatic heterocycles. The van der Waals surface area contributed by atoms with Gasteiger partial charge in [-0.2, -0.15) is 0 Å². The van der Waals surface area contributed by atoms with Gasteiger partial charge in [0.15, 0.2) is 0 Å². The molecule has 2 N–H and O–H groups in total. The molecule has 1 saturated heterocycles. The standard InChI is InChI=1S/C18H24N2O6S/c1-26-14-8-7-13(20-16(21)5-4-6-17(20)22)11-15(14)27(24,25)19-12-18(23)9-2-3-10-18/h7-8,11,19,23H,2-6,9-10,12H2,1H3. The topological polar surface area (TPSA) is 113 Å². The summed E-state index contributed by atoms with van der Waals surface area (Å²) in [5.41, 5.74) is -0.845. The highest BCUT2D eigenvalue weighted by Crippen LogP contribution is 2.32. The normalized spacial score (nSPS) is 20.1. The smallest absolute Gasteiger partial charge is 0.244 e. The minimum atomic E-state index is -4.01. The van der Waals surface area contributed by atoms with E-state index in [4.69, 9.17) is 4.74 Å². The second kappa shape index (κ2) is 7.57. The number of imide groups is 1. The third-order valence-corrected chi connectivity index (χ3v) is 6.52. The Kier molecular flexibility index (Phi) is 5.55. The number of sulfonamides is 1. The molecule has 9 heteroatoms. The van der Waals surface area contributed by atoms with Crippen molar-refractivity contribution in [2.45, 2.75) is 55.4 Å². The number of hydrogen-bond donors (Lipinski definition) is 2. The maximum absolute atomic E-state index is 12.8. The van der Waals surface area contributed by atoms with Gasteiger partial charge in [0.2, 0.25) is 21.8 Å². The number of aliphatic hydroxyl groups is 1. The summed E-state index contributed by atoms with van der Waals surface area (Å²) in [5, 5.41) is 10.4. The highest BCUT2D eigenvalue weighted by molar-refractivity contribution is 7.89. The van der Waals surface area contributed by atoms with E-state index in [1.807, 2.05) is 0 Å². The lowest BCUT2D eigenvalue weighted by Crippen LogP contribution is -2.41. The summed E-state index contributed by atoms with van der Waals surface area (Å²) in [6.07, 6.45) is 3.78. The number of ether oxygens (including phenoxy) is 1. The summed E-state index contributed by atoms with van der Waals surface area (Å²) in [4.78, 5) is 25.1. The van der Waals surface area contributed by atoms with Crippen LogP contribution in [0.15, 0.2) is 23.1 Å². The molecule has 0 atom stereocenters. The molecule has 1 aliphatic carbocycles. The Bertz CT molecular complexity index is 829. The quantitative estimate of drug-likeness (QED) is 0.701. The summed E-state index contributed by atoms with van der Waals surface area (Å²) in [5.74, 6) is -0.609. The molecule has 1 saturated carbocycles. The number of piperidine rings is 1. The van der Waals surface area contributed by atoms with Crippen molar-refractivity contribution in [2.75, 3.05) is 18.6 Å². The van der Waals surface area contributed by atoms with E-state index in [0.717, 1.165) is 17.7 Å². The monoisotopic (exact) mass is 396 g/mol. The van der Waals surface area contributed by atoms with E-state index in [-0.39, 0.29) is 47.5 Å². The van der Waals surface area contributed by atoms with Gasteiger partial charge in [0.1, 0.15) is 10.6 Å². The second-order valence-corrected chi connectivity index (χ2v) is 8.80. The number of rotatable bonds is 6. The van der Waals surface area contributed by atoms with Crippen molar-refractivity contribution in [3.63, 3.8) is 0 Å². The second-order valence-electron chi connectivity index (χ2n) is 7.07. The van der Waals surface area contributed by atoms with Gasteiger partial charge in [-0.3, -0.25) is 14.5 Å². The predicted molar refractivity (Wildman–Crippen MR) is 97.9 cm³/mol. The van der Waals surface area contributed by atoms with E-state index in [2.05, 4.69) is 4.72 Å². The molecular weight excluding hydrogens is 372 g/mol. The van der Waals surface area contributed by atoms with Gasteiger partial charge in [0.05, 0.1) is 18.4 Å². The number of anilines is 1. The average molecular weight is 396 g/mol. The van der Waals surface area contributed by atoms with Crippen molar-refractivity contribution in [3.05, 3.63) is 18.2 Å². The number of methoxy groups -OCH3 is 1. The minimum absolute atomic E-state index is 0.0930. The summed E-state index contributed by atoms with van der Waals surface area (Å²) in [7, 11) is -2.67. The molecule has 8 nitrogen and oxygen atoms in total. The molecule has 0 bridgehead atoms. The number of amides is 2. The molecule has 1 aromatic carbocycles. The van der Waals surface area contributed by atoms with Crippen LogP contribution in [0.25, 0.3) is 0 Å². The molecule has 0 unspecified atom stereocenters. The van der Waals surface area contributed by atoms with Crippen LogP contribution in [0.2, 0.25) is 0 Å². The number of carbonyl (C=O) groups excluding carboxylic acids is 2. The van der Waals surface area contributed by atoms with Crippen LogP contribution in [0.5, 0.6) is 5.75 Å². The number of carbonyl (C=O) groups is 2. The van der Waals surface area contributed by atoms with E-state index < -0.39 is 15.6 Å².